The summed E-state index contributed by atoms with van der Waals surface area (Å²) in [6.45, 7) is 8.48. The van der Waals surface area contributed by atoms with Gasteiger partial charge >= 0.3 is 0 Å². The van der Waals surface area contributed by atoms with Crippen LogP contribution in [-0.4, -0.2) is 45.6 Å². The number of carbonyl (C=O) groups is 3. The molecule has 4 unspecified atom stereocenters. The molecule has 0 aromatic heterocycles. The Labute approximate surface area is 165 Å². The Kier molecular flexibility index (Phi) is 3.47. The maximum absolute atomic E-state index is 13.6. The van der Waals surface area contributed by atoms with Crippen molar-refractivity contribution in [2.45, 2.75) is 64.1 Å². The summed E-state index contributed by atoms with van der Waals surface area (Å²) in [6.07, 6.45) is 2.61. The van der Waals surface area contributed by atoms with Gasteiger partial charge in [-0.05, 0) is 52.1 Å². The van der Waals surface area contributed by atoms with Crippen LogP contribution in [0, 0.1) is 11.8 Å². The number of benzene rings is 1. The molecule has 3 saturated heterocycles. The number of hydrogen-bond acceptors (Lipinski definition) is 4. The molecular weight excluding hydrogens is 354 g/mol. The molecule has 3 amide bonds. The molecule has 5 rings (SSSR count). The fraction of sp³-hybridized carbons (Fsp3) is 0.591. The number of imide groups is 1. The summed E-state index contributed by atoms with van der Waals surface area (Å²) >= 11 is 0. The van der Waals surface area contributed by atoms with Crippen LogP contribution in [0.4, 0.5) is 5.69 Å². The molecule has 1 aromatic carbocycles. The number of aryl methyl sites for hydroxylation is 1. The van der Waals surface area contributed by atoms with E-state index in [0.717, 1.165) is 42.6 Å². The van der Waals surface area contributed by atoms with Gasteiger partial charge in [-0.3, -0.25) is 24.2 Å². The average Bonchev–Trinajstić information content (AvgIpc) is 3.31. The van der Waals surface area contributed by atoms with Gasteiger partial charge in [0, 0.05) is 22.8 Å². The molecular formula is C22H27N3O3. The zero-order valence-corrected chi connectivity index (χ0v) is 16.9. The Morgan fingerprint density at radius 1 is 1.18 bits per heavy atom. The lowest BCUT2D eigenvalue weighted by Crippen LogP contribution is -2.56. The summed E-state index contributed by atoms with van der Waals surface area (Å²) < 4.78 is 0. The zero-order chi connectivity index (χ0) is 20.0. The predicted molar refractivity (Wildman–Crippen MR) is 104 cm³/mol. The largest absolute Gasteiger partial charge is 0.324 e. The maximum atomic E-state index is 13.6. The van der Waals surface area contributed by atoms with Gasteiger partial charge in [-0.25, -0.2) is 0 Å². The van der Waals surface area contributed by atoms with Crippen molar-refractivity contribution in [3.8, 4) is 0 Å². The third-order valence-corrected chi connectivity index (χ3v) is 7.17. The fourth-order valence-corrected chi connectivity index (χ4v) is 6.25. The monoisotopic (exact) mass is 381 g/mol. The van der Waals surface area contributed by atoms with Crippen LogP contribution in [0.5, 0.6) is 0 Å². The molecule has 0 aliphatic carbocycles. The Morgan fingerprint density at radius 2 is 1.93 bits per heavy atom. The summed E-state index contributed by atoms with van der Waals surface area (Å²) in [5.74, 6) is -1.51. The Hall–Kier alpha value is -2.21. The lowest BCUT2D eigenvalue weighted by Gasteiger charge is -2.38. The molecule has 0 saturated carbocycles. The van der Waals surface area contributed by atoms with Crippen LogP contribution in [0.3, 0.4) is 0 Å². The lowest BCUT2D eigenvalue weighted by atomic mass is 9.75. The SMILES string of the molecule is CCc1cccc2c1NC(=O)C21C2C(=O)N(C(C)(C)C)C(=O)C2C2CCCN21. The van der Waals surface area contributed by atoms with E-state index in [9.17, 15) is 14.4 Å². The molecule has 6 nitrogen and oxygen atoms in total. The zero-order valence-electron chi connectivity index (χ0n) is 16.9. The fourth-order valence-electron chi connectivity index (χ4n) is 6.25. The molecule has 1 aromatic rings. The van der Waals surface area contributed by atoms with E-state index in [2.05, 4.69) is 17.1 Å². The topological polar surface area (TPSA) is 69.7 Å². The minimum absolute atomic E-state index is 0.0456. The number of anilines is 1. The van der Waals surface area contributed by atoms with E-state index >= 15 is 0 Å². The van der Waals surface area contributed by atoms with Gasteiger partial charge in [0.05, 0.1) is 11.8 Å². The van der Waals surface area contributed by atoms with E-state index in [4.69, 9.17) is 0 Å². The second-order valence-electron chi connectivity index (χ2n) is 9.50. The summed E-state index contributed by atoms with van der Waals surface area (Å²) in [7, 11) is 0. The number of rotatable bonds is 1. The van der Waals surface area contributed by atoms with Gasteiger partial charge in [-0.2, -0.15) is 0 Å². The Morgan fingerprint density at radius 3 is 2.61 bits per heavy atom. The van der Waals surface area contributed by atoms with Crippen molar-refractivity contribution < 1.29 is 14.4 Å². The van der Waals surface area contributed by atoms with Gasteiger partial charge in [0.1, 0.15) is 5.54 Å². The molecule has 0 bridgehead atoms. The van der Waals surface area contributed by atoms with Crippen LogP contribution in [0.2, 0.25) is 0 Å². The normalized spacial score (nSPS) is 34.2. The van der Waals surface area contributed by atoms with Crippen molar-refractivity contribution >= 4 is 23.4 Å². The van der Waals surface area contributed by atoms with Crippen LogP contribution in [-0.2, 0) is 26.3 Å². The molecule has 1 spiro atoms. The molecule has 6 heteroatoms. The summed E-state index contributed by atoms with van der Waals surface area (Å²) in [6, 6.07) is 5.92. The number of hydrogen-bond donors (Lipinski definition) is 1. The summed E-state index contributed by atoms with van der Waals surface area (Å²) in [5, 5.41) is 3.10. The minimum atomic E-state index is -1.06. The van der Waals surface area contributed by atoms with E-state index in [1.165, 1.54) is 4.90 Å². The van der Waals surface area contributed by atoms with Gasteiger partial charge in [0.15, 0.2) is 0 Å². The number of nitrogens with zero attached hydrogens (tertiary/aromatic N) is 2. The van der Waals surface area contributed by atoms with Gasteiger partial charge in [-0.15, -0.1) is 0 Å². The smallest absolute Gasteiger partial charge is 0.250 e. The number of nitrogens with one attached hydrogen (secondary N) is 1. The van der Waals surface area contributed by atoms with E-state index in [1.54, 1.807) is 0 Å². The van der Waals surface area contributed by atoms with Crippen LogP contribution < -0.4 is 5.32 Å². The second kappa shape index (κ2) is 5.44. The third-order valence-electron chi connectivity index (χ3n) is 7.17. The molecule has 4 aliphatic rings. The van der Waals surface area contributed by atoms with Gasteiger partial charge in [0.2, 0.25) is 17.7 Å². The molecule has 4 atom stereocenters. The van der Waals surface area contributed by atoms with Crippen LogP contribution >= 0.6 is 0 Å². The molecule has 3 fully saturated rings. The van der Waals surface area contributed by atoms with Gasteiger partial charge < -0.3 is 5.32 Å². The molecule has 1 N–H and O–H groups in total. The van der Waals surface area contributed by atoms with Crippen molar-refractivity contribution in [2.24, 2.45) is 11.8 Å². The molecule has 0 radical (unpaired) electrons. The first-order chi connectivity index (χ1) is 13.2. The number of fused-ring (bicyclic) bond motifs is 7. The van der Waals surface area contributed by atoms with E-state index in [1.807, 2.05) is 39.0 Å². The minimum Gasteiger partial charge on any atom is -0.324 e. The summed E-state index contributed by atoms with van der Waals surface area (Å²) in [4.78, 5) is 44.2. The van der Waals surface area contributed by atoms with Crippen molar-refractivity contribution in [1.29, 1.82) is 0 Å². The first kappa shape index (κ1) is 17.9. The van der Waals surface area contributed by atoms with Crippen molar-refractivity contribution in [1.82, 2.24) is 9.80 Å². The maximum Gasteiger partial charge on any atom is 0.250 e. The first-order valence-electron chi connectivity index (χ1n) is 10.3. The quantitative estimate of drug-likeness (QED) is 0.758. The van der Waals surface area contributed by atoms with E-state index in [-0.39, 0.29) is 23.8 Å². The Bertz CT molecular complexity index is 918. The van der Waals surface area contributed by atoms with Crippen molar-refractivity contribution in [2.75, 3.05) is 11.9 Å². The van der Waals surface area contributed by atoms with Gasteiger partial charge in [0.25, 0.3) is 0 Å². The first-order valence-corrected chi connectivity index (χ1v) is 10.3. The predicted octanol–water partition coefficient (Wildman–Crippen LogP) is 2.27. The third kappa shape index (κ3) is 1.85. The Balaban J connectivity index is 1.76. The van der Waals surface area contributed by atoms with Crippen LogP contribution in [0.15, 0.2) is 18.2 Å². The van der Waals surface area contributed by atoms with Crippen LogP contribution in [0.1, 0.15) is 51.7 Å². The number of amides is 3. The second-order valence-corrected chi connectivity index (χ2v) is 9.50. The number of para-hydroxylation sites is 1. The molecule has 4 heterocycles. The highest BCUT2D eigenvalue weighted by Crippen LogP contribution is 2.61. The highest BCUT2D eigenvalue weighted by Gasteiger charge is 2.75. The molecule has 28 heavy (non-hydrogen) atoms. The van der Waals surface area contributed by atoms with Crippen LogP contribution in [0.25, 0.3) is 0 Å². The number of carbonyl (C=O) groups excluding carboxylic acids is 3. The number of likely N-dealkylation sites (tertiary alicyclic amines) is 1. The molecule has 148 valence electrons. The summed E-state index contributed by atoms with van der Waals surface area (Å²) in [5.41, 5.74) is 1.15. The van der Waals surface area contributed by atoms with E-state index in [0.29, 0.717) is 0 Å². The van der Waals surface area contributed by atoms with E-state index < -0.39 is 22.9 Å². The van der Waals surface area contributed by atoms with Gasteiger partial charge in [-0.1, -0.05) is 25.1 Å². The highest BCUT2D eigenvalue weighted by molar-refractivity contribution is 6.15. The standard InChI is InChI=1S/C22H27N3O3/c1-5-12-8-6-9-13-17(12)23-20(28)22(13)16-15(14-10-7-11-24(14)22)18(26)25(19(16)27)21(2,3)4/h6,8-9,14-16H,5,7,10-11H2,1-4H3,(H,23,28). The molecule has 4 aliphatic heterocycles. The lowest BCUT2D eigenvalue weighted by molar-refractivity contribution is -0.150. The van der Waals surface area contributed by atoms with Crippen molar-refractivity contribution in [3.05, 3.63) is 29.3 Å². The highest BCUT2D eigenvalue weighted by atomic mass is 16.2. The van der Waals surface area contributed by atoms with Crippen molar-refractivity contribution in [3.63, 3.8) is 0 Å². The average molecular weight is 381 g/mol.